The molecule has 0 aliphatic carbocycles. The maximum atomic E-state index is 5.09. The molecule has 0 radical (unpaired) electrons. The zero-order valence-electron chi connectivity index (χ0n) is 5.27. The van der Waals surface area contributed by atoms with Crippen LogP contribution in [0.3, 0.4) is 0 Å². The molecule has 0 aromatic carbocycles. The highest BCUT2D eigenvalue weighted by molar-refractivity contribution is 6.13. The van der Waals surface area contributed by atoms with Gasteiger partial charge in [-0.15, -0.1) is 5.11 Å². The Kier molecular flexibility index (Phi) is 3.25. The molecule has 1 fully saturated rings. The topological polar surface area (TPSA) is 58.7 Å². The number of halogens is 1. The summed E-state index contributed by atoms with van der Waals surface area (Å²) in [4.78, 5) is 0. The highest BCUT2D eigenvalue weighted by Gasteiger charge is 2.13. The van der Waals surface area contributed by atoms with E-state index in [0.717, 1.165) is 19.4 Å². The largest absolute Gasteiger partial charge is 0.355 e. The van der Waals surface area contributed by atoms with Gasteiger partial charge in [0.1, 0.15) is 0 Å². The summed E-state index contributed by atoms with van der Waals surface area (Å²) >= 11 is 4.85. The molecule has 0 aromatic rings. The Labute approximate surface area is 63.2 Å². The maximum absolute atomic E-state index is 5.09. The van der Waals surface area contributed by atoms with Crippen LogP contribution in [0.4, 0.5) is 0 Å². The first kappa shape index (κ1) is 7.56. The van der Waals surface area contributed by atoms with Gasteiger partial charge in [0.25, 0.3) is 0 Å². The Morgan fingerprint density at radius 1 is 1.40 bits per heavy atom. The molecule has 1 heterocycles. The molecule has 0 spiro atoms. The first-order valence-electron chi connectivity index (χ1n) is 2.96. The quantitative estimate of drug-likeness (QED) is 0.453. The second-order valence-electron chi connectivity index (χ2n) is 1.84. The van der Waals surface area contributed by atoms with E-state index in [0.29, 0.717) is 0 Å². The zero-order valence-corrected chi connectivity index (χ0v) is 6.03. The molecule has 1 saturated heterocycles. The minimum Gasteiger partial charge on any atom is -0.355 e. The fourth-order valence-electron chi connectivity index (χ4n) is 0.748. The monoisotopic (exact) mass is 162 g/mol. The molecule has 1 rings (SSSR count). The number of rotatable bonds is 2. The lowest BCUT2D eigenvalue weighted by Gasteiger charge is -1.95. The van der Waals surface area contributed by atoms with Crippen LogP contribution in [0.5, 0.6) is 0 Å². The van der Waals surface area contributed by atoms with Gasteiger partial charge in [-0.3, -0.25) is 0 Å². The summed E-state index contributed by atoms with van der Waals surface area (Å²) in [5.74, 6) is 0. The van der Waals surface area contributed by atoms with Gasteiger partial charge in [-0.2, -0.15) is 0 Å². The maximum Gasteiger partial charge on any atom is 0.170 e. The van der Waals surface area contributed by atoms with E-state index in [4.69, 9.17) is 16.5 Å². The minimum atomic E-state index is -0.137. The number of ether oxygens (including phenoxy) is 1. The van der Waals surface area contributed by atoms with Crippen molar-refractivity contribution in [1.29, 1.82) is 0 Å². The lowest BCUT2D eigenvalue weighted by atomic mass is 10.3. The molecule has 5 nitrogen and oxygen atoms in total. The van der Waals surface area contributed by atoms with Crippen LogP contribution in [0, 0.1) is 0 Å². The highest BCUT2D eigenvalue weighted by Crippen LogP contribution is 2.12. The van der Waals surface area contributed by atoms with E-state index in [1.807, 2.05) is 0 Å². The lowest BCUT2D eigenvalue weighted by molar-refractivity contribution is 0.112. The van der Waals surface area contributed by atoms with Gasteiger partial charge < -0.3 is 4.74 Å². The van der Waals surface area contributed by atoms with Gasteiger partial charge in [0.2, 0.25) is 0 Å². The predicted molar refractivity (Wildman–Crippen MR) is 34.5 cm³/mol. The fourth-order valence-corrected chi connectivity index (χ4v) is 0.778. The molecule has 1 atom stereocenters. The summed E-state index contributed by atoms with van der Waals surface area (Å²) < 4.78 is 7.97. The van der Waals surface area contributed by atoms with Crippen LogP contribution >= 0.6 is 11.8 Å². The molecule has 10 heavy (non-hydrogen) atoms. The molecule has 0 amide bonds. The van der Waals surface area contributed by atoms with Gasteiger partial charge in [0.05, 0.1) is 11.8 Å². The number of hydrogen-bond acceptors (Lipinski definition) is 3. The van der Waals surface area contributed by atoms with Crippen LogP contribution in [0.15, 0.2) is 20.2 Å². The average molecular weight is 163 g/mol. The molecule has 56 valence electrons. The van der Waals surface area contributed by atoms with E-state index in [1.54, 1.807) is 0 Å². The van der Waals surface area contributed by atoms with Crippen LogP contribution in [0.1, 0.15) is 12.8 Å². The van der Waals surface area contributed by atoms with Crippen molar-refractivity contribution in [2.24, 2.45) is 20.2 Å². The van der Waals surface area contributed by atoms with Crippen molar-refractivity contribution in [3.8, 4) is 0 Å². The van der Waals surface area contributed by atoms with Crippen LogP contribution in [0.2, 0.25) is 0 Å². The molecule has 1 aliphatic rings. The smallest absolute Gasteiger partial charge is 0.170 e. The van der Waals surface area contributed by atoms with E-state index in [2.05, 4.69) is 20.2 Å². The predicted octanol–water partition coefficient (Wildman–Crippen LogP) is 2.10. The van der Waals surface area contributed by atoms with E-state index < -0.39 is 0 Å². The van der Waals surface area contributed by atoms with Crippen molar-refractivity contribution in [2.45, 2.75) is 19.1 Å². The Morgan fingerprint density at radius 3 is 2.90 bits per heavy atom. The fraction of sp³-hybridized carbons (Fsp3) is 1.00. The van der Waals surface area contributed by atoms with Gasteiger partial charge in [-0.1, -0.05) is 4.63 Å². The van der Waals surface area contributed by atoms with Crippen molar-refractivity contribution < 1.29 is 4.74 Å². The molecule has 1 aliphatic heterocycles. The second kappa shape index (κ2) is 4.29. The third kappa shape index (κ3) is 2.36. The third-order valence-corrected chi connectivity index (χ3v) is 1.23. The average Bonchev–Trinajstić information content (AvgIpc) is 2.41. The van der Waals surface area contributed by atoms with Crippen molar-refractivity contribution in [3.05, 3.63) is 0 Å². The normalized spacial score (nSPS) is 27.1. The second-order valence-corrected chi connectivity index (χ2v) is 1.99. The highest BCUT2D eigenvalue weighted by atomic mass is 35.5. The summed E-state index contributed by atoms with van der Waals surface area (Å²) in [6, 6.07) is 0. The van der Waals surface area contributed by atoms with Crippen LogP contribution in [-0.4, -0.2) is 12.8 Å². The van der Waals surface area contributed by atoms with E-state index in [9.17, 15) is 0 Å². The number of hydrogen-bond donors (Lipinski definition) is 0. The molecule has 0 aromatic heterocycles. The van der Waals surface area contributed by atoms with E-state index in [1.165, 1.54) is 0 Å². The summed E-state index contributed by atoms with van der Waals surface area (Å²) in [7, 11) is 0. The molecule has 6 heteroatoms. The molecular formula is C4H7ClN4O. The van der Waals surface area contributed by atoms with Gasteiger partial charge in [-0.05, 0) is 23.3 Å². The zero-order chi connectivity index (χ0) is 7.23. The summed E-state index contributed by atoms with van der Waals surface area (Å²) in [5.41, 5.74) is 0. The Hall–Kier alpha value is -0.550. The minimum absolute atomic E-state index is 0.137. The van der Waals surface area contributed by atoms with Gasteiger partial charge >= 0.3 is 0 Å². The van der Waals surface area contributed by atoms with Gasteiger partial charge in [-0.25, -0.2) is 0 Å². The molecule has 0 saturated carbocycles. The SMILES string of the molecule is Cl/N=N/N=N/C1CCCO1. The molecular weight excluding hydrogens is 156 g/mol. The van der Waals surface area contributed by atoms with Crippen molar-refractivity contribution >= 4 is 11.8 Å². The van der Waals surface area contributed by atoms with Gasteiger partial charge in [0, 0.05) is 6.61 Å². The first-order valence-corrected chi connectivity index (χ1v) is 3.30. The Bertz CT molecular complexity index is 142. The Balaban J connectivity index is 2.22. The summed E-state index contributed by atoms with van der Waals surface area (Å²) in [6.45, 7) is 0.752. The Morgan fingerprint density at radius 2 is 2.30 bits per heavy atom. The van der Waals surface area contributed by atoms with Crippen LogP contribution in [-0.2, 0) is 4.74 Å². The molecule has 0 N–H and O–H groups in total. The van der Waals surface area contributed by atoms with Crippen molar-refractivity contribution in [3.63, 3.8) is 0 Å². The lowest BCUT2D eigenvalue weighted by Crippen LogP contribution is -1.97. The van der Waals surface area contributed by atoms with Crippen LogP contribution < -0.4 is 0 Å². The first-order chi connectivity index (χ1) is 4.93. The van der Waals surface area contributed by atoms with Crippen molar-refractivity contribution in [1.82, 2.24) is 0 Å². The molecule has 1 unspecified atom stereocenters. The van der Waals surface area contributed by atoms with E-state index in [-0.39, 0.29) is 6.23 Å². The van der Waals surface area contributed by atoms with Crippen molar-refractivity contribution in [2.75, 3.05) is 6.61 Å². The molecule has 0 bridgehead atoms. The summed E-state index contributed by atoms with van der Waals surface area (Å²) in [5, 5.41) is 10.1. The summed E-state index contributed by atoms with van der Waals surface area (Å²) in [6.07, 6.45) is 1.80. The van der Waals surface area contributed by atoms with Crippen LogP contribution in [0.25, 0.3) is 0 Å². The standard InChI is InChI=1S/C4H7ClN4O/c5-7-9-8-6-4-2-1-3-10-4/h4H,1-3H2/b8-6+,9-7+. The van der Waals surface area contributed by atoms with Gasteiger partial charge in [0.15, 0.2) is 6.23 Å². The third-order valence-electron chi connectivity index (χ3n) is 1.16. The number of nitrogens with zero attached hydrogens (tertiary/aromatic N) is 4. The van der Waals surface area contributed by atoms with E-state index >= 15 is 0 Å².